The third-order valence-corrected chi connectivity index (χ3v) is 9.95. The summed E-state index contributed by atoms with van der Waals surface area (Å²) in [6.45, 7) is 15.1. The fourth-order valence-corrected chi connectivity index (χ4v) is 7.44. The Kier molecular flexibility index (Phi) is 7.56. The van der Waals surface area contributed by atoms with E-state index < -0.39 is 0 Å². The zero-order valence-corrected chi connectivity index (χ0v) is 26.0. The lowest BCUT2D eigenvalue weighted by atomic mass is 9.90. The van der Waals surface area contributed by atoms with E-state index in [4.69, 9.17) is 9.72 Å². The number of carbonyl (C=O) groups excluding carboxylic acids is 1. The van der Waals surface area contributed by atoms with Crippen LogP contribution in [-0.2, 0) is 21.4 Å². The Morgan fingerprint density at radius 1 is 1.16 bits per heavy atom. The maximum absolute atomic E-state index is 14.3. The number of pyridine rings is 1. The summed E-state index contributed by atoms with van der Waals surface area (Å²) >= 11 is 0. The van der Waals surface area contributed by atoms with Crippen LogP contribution in [0, 0.1) is 5.82 Å². The summed E-state index contributed by atoms with van der Waals surface area (Å²) in [5.74, 6) is 1.51. The quantitative estimate of drug-likeness (QED) is 0.451. The number of rotatable bonds is 7. The van der Waals surface area contributed by atoms with Gasteiger partial charge in [-0.25, -0.2) is 9.37 Å². The van der Waals surface area contributed by atoms with Gasteiger partial charge in [-0.15, -0.1) is 0 Å². The maximum atomic E-state index is 14.3. The minimum atomic E-state index is -0.231. The first kappa shape index (κ1) is 28.9. The zero-order chi connectivity index (χ0) is 29.9. The largest absolute Gasteiger partial charge is 0.379 e. The molecule has 230 valence electrons. The Bertz CT molecular complexity index is 1500. The first-order chi connectivity index (χ1) is 20.7. The van der Waals surface area contributed by atoms with E-state index in [1.54, 1.807) is 0 Å². The Labute approximate surface area is 254 Å². The van der Waals surface area contributed by atoms with Crippen LogP contribution in [0.15, 0.2) is 36.5 Å². The Hall–Kier alpha value is -2.85. The molecule has 1 aromatic carbocycles. The molecule has 1 N–H and O–H groups in total. The van der Waals surface area contributed by atoms with Crippen LogP contribution in [-0.4, -0.2) is 95.7 Å². The SMILES string of the molecule is C[C@@H]1CN(CC(=O)N2CC(C)(C)c3c2cc(Cc2ccc(F)cc2)c2cnc(C4CC4)n32)[C@@H](CN2CCOC[C@H]2C)CN1. The number of nitrogens with zero attached hydrogens (tertiary/aromatic N) is 5. The third kappa shape index (κ3) is 5.61. The van der Waals surface area contributed by atoms with Crippen LogP contribution >= 0.6 is 0 Å². The van der Waals surface area contributed by atoms with Crippen molar-refractivity contribution in [1.29, 1.82) is 0 Å². The first-order valence-electron chi connectivity index (χ1n) is 16.1. The number of ether oxygens (including phenoxy) is 1. The van der Waals surface area contributed by atoms with Crippen molar-refractivity contribution in [3.05, 3.63) is 65.0 Å². The molecular weight excluding hydrogens is 543 g/mol. The highest BCUT2D eigenvalue weighted by Gasteiger charge is 2.43. The first-order valence-corrected chi connectivity index (χ1v) is 16.1. The molecule has 3 atom stereocenters. The average molecular weight is 589 g/mol. The standard InChI is InChI=1S/C34H45FN6O2/c1-22-17-39(28(15-36-22)18-38-11-12-43-20-23(38)2)19-31(42)40-21-34(3,4)32-29(40)14-26(13-24-5-9-27(35)10-6-24)30-16-37-33(41(30)32)25-7-8-25/h5-6,9-10,14,16,22-23,25,28,36H,7-8,11-13,15,17-21H2,1-4H3/t22-,23-,28-/m1/s1. The molecule has 4 aliphatic rings. The van der Waals surface area contributed by atoms with Gasteiger partial charge in [-0.2, -0.15) is 0 Å². The number of anilines is 1. The molecule has 3 aromatic rings. The summed E-state index contributed by atoms with van der Waals surface area (Å²) in [7, 11) is 0. The summed E-state index contributed by atoms with van der Waals surface area (Å²) in [6, 6.07) is 9.95. The van der Waals surface area contributed by atoms with Crippen LogP contribution in [0.4, 0.5) is 10.1 Å². The number of piperazine rings is 1. The van der Waals surface area contributed by atoms with Crippen LogP contribution in [0.25, 0.3) is 5.52 Å². The lowest BCUT2D eigenvalue weighted by Crippen LogP contribution is -2.62. The van der Waals surface area contributed by atoms with Crippen molar-refractivity contribution in [2.75, 3.05) is 57.4 Å². The number of halogens is 1. The fourth-order valence-electron chi connectivity index (χ4n) is 7.44. The molecular formula is C34H45FN6O2. The Morgan fingerprint density at radius 3 is 2.70 bits per heavy atom. The van der Waals surface area contributed by atoms with Crippen molar-refractivity contribution in [3.63, 3.8) is 0 Å². The summed E-state index contributed by atoms with van der Waals surface area (Å²) in [4.78, 5) is 26.2. The van der Waals surface area contributed by atoms with E-state index in [2.05, 4.69) is 53.3 Å². The molecule has 1 amide bonds. The molecule has 2 saturated heterocycles. The molecule has 8 nitrogen and oxygen atoms in total. The molecule has 2 aromatic heterocycles. The molecule has 43 heavy (non-hydrogen) atoms. The van der Waals surface area contributed by atoms with Crippen molar-refractivity contribution >= 4 is 17.1 Å². The van der Waals surface area contributed by atoms with Gasteiger partial charge in [0, 0.05) is 62.2 Å². The van der Waals surface area contributed by atoms with Crippen LogP contribution in [0.2, 0.25) is 0 Å². The van der Waals surface area contributed by atoms with Crippen LogP contribution in [0.5, 0.6) is 0 Å². The average Bonchev–Trinajstić information content (AvgIpc) is 3.66. The topological polar surface area (TPSA) is 65.4 Å². The molecule has 0 unspecified atom stereocenters. The lowest BCUT2D eigenvalue weighted by molar-refractivity contribution is -0.121. The van der Waals surface area contributed by atoms with Gasteiger partial charge in [-0.1, -0.05) is 26.0 Å². The highest BCUT2D eigenvalue weighted by atomic mass is 19.1. The molecule has 0 spiro atoms. The van der Waals surface area contributed by atoms with E-state index in [0.29, 0.717) is 37.5 Å². The molecule has 1 aliphatic carbocycles. The van der Waals surface area contributed by atoms with Crippen molar-refractivity contribution in [1.82, 2.24) is 24.5 Å². The summed E-state index contributed by atoms with van der Waals surface area (Å²) < 4.78 is 21.8. The predicted molar refractivity (Wildman–Crippen MR) is 166 cm³/mol. The second kappa shape index (κ2) is 11.3. The predicted octanol–water partition coefficient (Wildman–Crippen LogP) is 3.95. The van der Waals surface area contributed by atoms with Gasteiger partial charge in [0.2, 0.25) is 5.91 Å². The monoisotopic (exact) mass is 588 g/mol. The third-order valence-electron chi connectivity index (χ3n) is 9.95. The van der Waals surface area contributed by atoms with E-state index in [0.717, 1.165) is 80.4 Å². The van der Waals surface area contributed by atoms with Crippen molar-refractivity contribution in [2.45, 2.75) is 76.4 Å². The number of morpholine rings is 1. The van der Waals surface area contributed by atoms with Gasteiger partial charge in [0.05, 0.1) is 42.9 Å². The number of fused-ring (bicyclic) bond motifs is 3. The van der Waals surface area contributed by atoms with Gasteiger partial charge in [-0.05, 0) is 62.4 Å². The van der Waals surface area contributed by atoms with Crippen molar-refractivity contribution in [2.24, 2.45) is 0 Å². The molecule has 0 radical (unpaired) electrons. The smallest absolute Gasteiger partial charge is 0.241 e. The van der Waals surface area contributed by atoms with Gasteiger partial charge in [0.1, 0.15) is 11.6 Å². The molecule has 1 saturated carbocycles. The second-order valence-corrected chi connectivity index (χ2v) is 14.0. The fraction of sp³-hybridized carbons (Fsp3) is 0.588. The van der Waals surface area contributed by atoms with E-state index in [1.807, 2.05) is 23.2 Å². The normalized spacial score (nSPS) is 26.3. The summed E-state index contributed by atoms with van der Waals surface area (Å²) in [6.07, 6.45) is 4.98. The molecule has 5 heterocycles. The van der Waals surface area contributed by atoms with Gasteiger partial charge in [0.15, 0.2) is 0 Å². The molecule has 0 bridgehead atoms. The van der Waals surface area contributed by atoms with Gasteiger partial charge in [-0.3, -0.25) is 19.0 Å². The number of carbonyl (C=O) groups is 1. The minimum Gasteiger partial charge on any atom is -0.379 e. The van der Waals surface area contributed by atoms with E-state index in [9.17, 15) is 9.18 Å². The van der Waals surface area contributed by atoms with E-state index in [-0.39, 0.29) is 23.2 Å². The minimum absolute atomic E-state index is 0.154. The van der Waals surface area contributed by atoms with E-state index in [1.165, 1.54) is 17.8 Å². The van der Waals surface area contributed by atoms with Gasteiger partial charge >= 0.3 is 0 Å². The number of amides is 1. The van der Waals surface area contributed by atoms with Crippen molar-refractivity contribution < 1.29 is 13.9 Å². The summed E-state index contributed by atoms with van der Waals surface area (Å²) in [5.41, 5.74) is 5.23. The maximum Gasteiger partial charge on any atom is 0.241 e. The molecule has 3 fully saturated rings. The molecule has 9 heteroatoms. The van der Waals surface area contributed by atoms with Crippen molar-refractivity contribution in [3.8, 4) is 0 Å². The summed E-state index contributed by atoms with van der Waals surface area (Å²) in [5, 5.41) is 3.65. The highest BCUT2D eigenvalue weighted by molar-refractivity contribution is 5.98. The van der Waals surface area contributed by atoms with Crippen LogP contribution < -0.4 is 10.2 Å². The Morgan fingerprint density at radius 2 is 1.95 bits per heavy atom. The molecule has 7 rings (SSSR count). The zero-order valence-electron chi connectivity index (χ0n) is 26.0. The number of nitrogens with one attached hydrogen (secondary N) is 1. The number of hydrogen-bond acceptors (Lipinski definition) is 6. The van der Waals surface area contributed by atoms with Gasteiger partial charge in [0.25, 0.3) is 0 Å². The number of imidazole rings is 1. The second-order valence-electron chi connectivity index (χ2n) is 14.0. The lowest BCUT2D eigenvalue weighted by Gasteiger charge is -2.43. The Balaban J connectivity index is 1.22. The van der Waals surface area contributed by atoms with Gasteiger partial charge < -0.3 is 15.0 Å². The highest BCUT2D eigenvalue weighted by Crippen LogP contribution is 2.46. The number of aromatic nitrogens is 2. The molecule has 3 aliphatic heterocycles. The van der Waals surface area contributed by atoms with Crippen LogP contribution in [0.3, 0.4) is 0 Å². The van der Waals surface area contributed by atoms with Crippen LogP contribution in [0.1, 0.15) is 69.1 Å². The van der Waals surface area contributed by atoms with E-state index >= 15 is 0 Å². The number of benzene rings is 1. The number of hydrogen-bond donors (Lipinski definition) is 1.